The average Bonchev–Trinajstić information content (AvgIpc) is 3.06. The fraction of sp³-hybridized carbons (Fsp3) is 0.600. The quantitative estimate of drug-likeness (QED) is 0.194. The van der Waals surface area contributed by atoms with Gasteiger partial charge in [0.2, 0.25) is 5.91 Å². The lowest BCUT2D eigenvalue weighted by molar-refractivity contribution is -0.345. The molecule has 2 saturated heterocycles. The molecular formula is C35H45NO18. The van der Waals surface area contributed by atoms with Crippen LogP contribution in [0, 0.1) is 0 Å². The number of carbonyl (C=O) groups excluding carboxylic acids is 8. The molecule has 0 radical (unpaired) electrons. The number of ether oxygens (including phenoxy) is 10. The molecule has 0 spiro atoms. The summed E-state index contributed by atoms with van der Waals surface area (Å²) in [6, 6.07) is 8.58. The van der Waals surface area contributed by atoms with Gasteiger partial charge in [0.15, 0.2) is 36.8 Å². The highest BCUT2D eigenvalue weighted by Crippen LogP contribution is 2.36. The van der Waals surface area contributed by atoms with E-state index in [4.69, 9.17) is 47.4 Å². The van der Waals surface area contributed by atoms with E-state index in [0.717, 1.165) is 48.5 Å². The van der Waals surface area contributed by atoms with Crippen molar-refractivity contribution in [1.82, 2.24) is 0 Å². The van der Waals surface area contributed by atoms with E-state index in [9.17, 15) is 38.4 Å². The molecule has 54 heavy (non-hydrogen) atoms. The second kappa shape index (κ2) is 20.4. The van der Waals surface area contributed by atoms with Crippen molar-refractivity contribution >= 4 is 53.4 Å². The van der Waals surface area contributed by atoms with Gasteiger partial charge in [0, 0.05) is 60.6 Å². The fourth-order valence-corrected chi connectivity index (χ4v) is 5.85. The Balaban J connectivity index is 2.09. The molecule has 2 heterocycles. The molecule has 19 heteroatoms. The predicted molar refractivity (Wildman–Crippen MR) is 178 cm³/mol. The predicted octanol–water partition coefficient (Wildman–Crippen LogP) is 1.07. The van der Waals surface area contributed by atoms with Crippen LogP contribution >= 0.6 is 0 Å². The summed E-state index contributed by atoms with van der Waals surface area (Å²) in [5.41, 5.74) is 0.521. The van der Waals surface area contributed by atoms with Gasteiger partial charge in [0.1, 0.15) is 31.5 Å². The van der Waals surface area contributed by atoms with Gasteiger partial charge in [-0.2, -0.15) is 0 Å². The zero-order valence-electron chi connectivity index (χ0n) is 30.8. The normalized spacial score (nSPS) is 27.6. The second-order valence-corrected chi connectivity index (χ2v) is 12.3. The number of nitrogens with one attached hydrogen (secondary N) is 1. The van der Waals surface area contributed by atoms with Crippen molar-refractivity contribution < 1.29 is 85.7 Å². The van der Waals surface area contributed by atoms with Crippen molar-refractivity contribution in [3.63, 3.8) is 0 Å². The number of rotatable bonds is 15. The highest BCUT2D eigenvalue weighted by molar-refractivity contribution is 5.90. The fourth-order valence-electron chi connectivity index (χ4n) is 5.85. The number of hydrogen-bond acceptors (Lipinski definition) is 18. The van der Waals surface area contributed by atoms with Crippen LogP contribution in [-0.4, -0.2) is 122 Å². The third-order valence-corrected chi connectivity index (χ3v) is 7.74. The minimum Gasteiger partial charge on any atom is -0.463 e. The first kappa shape index (κ1) is 43.3. The van der Waals surface area contributed by atoms with Crippen LogP contribution in [0.2, 0.25) is 0 Å². The van der Waals surface area contributed by atoms with E-state index < -0.39 is 122 Å². The van der Waals surface area contributed by atoms with Crippen molar-refractivity contribution in [3.05, 3.63) is 30.3 Å². The first-order chi connectivity index (χ1) is 25.4. The maximum Gasteiger partial charge on any atom is 0.303 e. The monoisotopic (exact) mass is 767 g/mol. The lowest BCUT2D eigenvalue weighted by Crippen LogP contribution is -2.67. The number of para-hydroxylation sites is 1. The molecule has 298 valence electrons. The molecule has 0 bridgehead atoms. The molecule has 2 fully saturated rings. The lowest BCUT2D eigenvalue weighted by Gasteiger charge is -2.49. The molecule has 2 aliphatic rings. The smallest absolute Gasteiger partial charge is 0.303 e. The standard InChI is InChI=1S/C35H45NO18/c1-17(37)45-15-26-31(32(49-21(5)41)29(47-19(3)39)25(52-26)13-14-28(44)36-24-11-9-8-10-12-24)54-35-34(51-23(7)43)33(50-22(6)42)30(48-20(4)40)27(53-35)16-46-18(2)38/h8-12,25-27,29-35H,13-16H2,1-7H3,(H,36,44)/t25-,26-,27-,29+,30+,31-,32-,33+,34-,35+/m1/s1. The Morgan fingerprint density at radius 2 is 0.944 bits per heavy atom. The Morgan fingerprint density at radius 1 is 0.519 bits per heavy atom. The van der Waals surface area contributed by atoms with Crippen molar-refractivity contribution in [3.8, 4) is 0 Å². The number of amides is 1. The summed E-state index contributed by atoms with van der Waals surface area (Å²) in [4.78, 5) is 98.7. The van der Waals surface area contributed by atoms with Gasteiger partial charge in [-0.05, 0) is 18.6 Å². The van der Waals surface area contributed by atoms with Gasteiger partial charge in [-0.3, -0.25) is 38.4 Å². The van der Waals surface area contributed by atoms with E-state index in [2.05, 4.69) is 5.32 Å². The molecule has 1 N–H and O–H groups in total. The summed E-state index contributed by atoms with van der Waals surface area (Å²) in [5.74, 6) is -6.31. The van der Waals surface area contributed by atoms with E-state index in [1.54, 1.807) is 30.3 Å². The Kier molecular flexibility index (Phi) is 16.3. The number of anilines is 1. The second-order valence-electron chi connectivity index (χ2n) is 12.3. The molecule has 0 aromatic heterocycles. The van der Waals surface area contributed by atoms with Crippen LogP contribution in [0.1, 0.15) is 61.3 Å². The van der Waals surface area contributed by atoms with Gasteiger partial charge in [0.25, 0.3) is 0 Å². The Bertz CT molecular complexity index is 1520. The maximum atomic E-state index is 12.9. The minimum absolute atomic E-state index is 0.100. The van der Waals surface area contributed by atoms with Crippen LogP contribution in [0.25, 0.3) is 0 Å². The molecule has 0 aliphatic carbocycles. The first-order valence-corrected chi connectivity index (χ1v) is 16.9. The highest BCUT2D eigenvalue weighted by Gasteiger charge is 2.57. The van der Waals surface area contributed by atoms with Gasteiger partial charge in [-0.25, -0.2) is 0 Å². The molecule has 1 amide bonds. The molecule has 0 unspecified atom stereocenters. The molecule has 10 atom stereocenters. The number of carbonyl (C=O) groups is 8. The molecule has 0 saturated carbocycles. The van der Waals surface area contributed by atoms with Crippen LogP contribution < -0.4 is 5.32 Å². The van der Waals surface area contributed by atoms with Gasteiger partial charge in [0.05, 0.1) is 6.10 Å². The summed E-state index contributed by atoms with van der Waals surface area (Å²) < 4.78 is 56.7. The van der Waals surface area contributed by atoms with Gasteiger partial charge >= 0.3 is 41.8 Å². The van der Waals surface area contributed by atoms with Crippen LogP contribution in [0.3, 0.4) is 0 Å². The van der Waals surface area contributed by atoms with E-state index in [0.29, 0.717) is 5.69 Å². The molecular weight excluding hydrogens is 722 g/mol. The van der Waals surface area contributed by atoms with Gasteiger partial charge in [-0.1, -0.05) is 18.2 Å². The van der Waals surface area contributed by atoms with Crippen molar-refractivity contribution in [2.45, 2.75) is 123 Å². The SMILES string of the molecule is CC(=O)OC[C@H]1O[C@@H](O[C@H]2[C@H](OC(C)=O)[C@@H](OC(C)=O)[C@@H](CCC(=O)Nc3ccccc3)O[C@@H]2COC(C)=O)[C@H](OC(C)=O)[C@@H](OC(C)=O)[C@H]1OC(C)=O. The molecule has 1 aromatic rings. The highest BCUT2D eigenvalue weighted by atomic mass is 16.8. The van der Waals surface area contributed by atoms with E-state index in [1.807, 2.05) is 0 Å². The van der Waals surface area contributed by atoms with Crippen molar-refractivity contribution in [2.75, 3.05) is 18.5 Å². The van der Waals surface area contributed by atoms with E-state index in [-0.39, 0.29) is 12.8 Å². The van der Waals surface area contributed by atoms with Crippen LogP contribution in [-0.2, 0) is 85.7 Å². The Morgan fingerprint density at radius 3 is 1.43 bits per heavy atom. The van der Waals surface area contributed by atoms with Crippen molar-refractivity contribution in [2.24, 2.45) is 0 Å². The largest absolute Gasteiger partial charge is 0.463 e. The Hall–Kier alpha value is -5.14. The number of esters is 7. The molecule has 3 rings (SSSR count). The van der Waals surface area contributed by atoms with E-state index in [1.165, 1.54) is 0 Å². The third kappa shape index (κ3) is 13.4. The lowest BCUT2D eigenvalue weighted by atomic mass is 9.91. The van der Waals surface area contributed by atoms with E-state index >= 15 is 0 Å². The zero-order valence-corrected chi connectivity index (χ0v) is 30.8. The summed E-state index contributed by atoms with van der Waals surface area (Å²) in [6.07, 6.45) is -15.4. The number of benzene rings is 1. The summed E-state index contributed by atoms with van der Waals surface area (Å²) in [7, 11) is 0. The van der Waals surface area contributed by atoms with Crippen LogP contribution in [0.4, 0.5) is 5.69 Å². The summed E-state index contributed by atoms with van der Waals surface area (Å²) in [6.45, 7) is 6.37. The van der Waals surface area contributed by atoms with Crippen molar-refractivity contribution in [1.29, 1.82) is 0 Å². The zero-order chi connectivity index (χ0) is 40.1. The average molecular weight is 768 g/mol. The molecule has 2 aliphatic heterocycles. The van der Waals surface area contributed by atoms with Crippen LogP contribution in [0.15, 0.2) is 30.3 Å². The minimum atomic E-state index is -1.80. The topological polar surface area (TPSA) is 241 Å². The van der Waals surface area contributed by atoms with Gasteiger partial charge < -0.3 is 52.7 Å². The molecule has 1 aromatic carbocycles. The first-order valence-electron chi connectivity index (χ1n) is 16.9. The number of hydrogen-bond donors (Lipinski definition) is 1. The summed E-state index contributed by atoms with van der Waals surface area (Å²) >= 11 is 0. The van der Waals surface area contributed by atoms with Crippen LogP contribution in [0.5, 0.6) is 0 Å². The third-order valence-electron chi connectivity index (χ3n) is 7.74. The summed E-state index contributed by atoms with van der Waals surface area (Å²) in [5, 5.41) is 2.73. The Labute approximate surface area is 310 Å². The van der Waals surface area contributed by atoms with Gasteiger partial charge in [-0.15, -0.1) is 0 Å². The maximum absolute atomic E-state index is 12.9. The molecule has 19 nitrogen and oxygen atoms in total.